The second-order valence-corrected chi connectivity index (χ2v) is 8.42. The Morgan fingerprint density at radius 2 is 1.69 bits per heavy atom. The molecule has 2 N–H and O–H groups in total. The number of carbonyl (C=O) groups excluding carboxylic acids is 2. The topological polar surface area (TPSA) is 105 Å². The number of nitrogens with zero attached hydrogens (tertiary/aromatic N) is 1. The molecule has 0 bridgehead atoms. The molecule has 2 saturated heterocycles. The van der Waals surface area contributed by atoms with Gasteiger partial charge in [-0.25, -0.2) is 4.90 Å². The normalized spacial score (nSPS) is 27.0. The summed E-state index contributed by atoms with van der Waals surface area (Å²) in [5, 5.41) is 13.5. The van der Waals surface area contributed by atoms with Gasteiger partial charge in [0.05, 0.1) is 31.7 Å². The first kappa shape index (κ1) is 21.8. The van der Waals surface area contributed by atoms with Crippen molar-refractivity contribution in [1.29, 1.82) is 0 Å². The minimum absolute atomic E-state index is 0.415. The summed E-state index contributed by atoms with van der Waals surface area (Å²) in [6, 6.07) is 13.1. The molecular weight excluding hydrogens is 412 g/mol. The van der Waals surface area contributed by atoms with Gasteiger partial charge in [0.2, 0.25) is 11.8 Å². The van der Waals surface area contributed by atoms with Crippen molar-refractivity contribution < 1.29 is 29.0 Å². The Morgan fingerprint density at radius 1 is 1.03 bits per heavy atom. The van der Waals surface area contributed by atoms with Gasteiger partial charge in [-0.05, 0) is 35.7 Å². The fourth-order valence-corrected chi connectivity index (χ4v) is 5.08. The van der Waals surface area contributed by atoms with Crippen molar-refractivity contribution in [2.45, 2.75) is 25.4 Å². The Labute approximate surface area is 186 Å². The zero-order valence-corrected chi connectivity index (χ0v) is 18.4. The Hall–Kier alpha value is -3.39. The number of hydrogen-bond donors (Lipinski definition) is 2. The van der Waals surface area contributed by atoms with Crippen LogP contribution in [0.1, 0.15) is 25.5 Å². The second kappa shape index (κ2) is 7.94. The number of carbonyl (C=O) groups is 3. The number of benzene rings is 2. The lowest BCUT2D eigenvalue weighted by Gasteiger charge is -2.34. The number of amides is 2. The number of nitrogens with one attached hydrogen (secondary N) is 1. The monoisotopic (exact) mass is 438 g/mol. The SMILES string of the molecule is COc1ccc(C2NC(C(=O)O)(C(C)C)C3C(=O)N(c4ccccc4)C(=O)C23)cc1OC. The summed E-state index contributed by atoms with van der Waals surface area (Å²) in [5.41, 5.74) is -0.512. The van der Waals surface area contributed by atoms with Crippen LogP contribution in [0.3, 0.4) is 0 Å². The lowest BCUT2D eigenvalue weighted by atomic mass is 9.73. The maximum absolute atomic E-state index is 13.6. The van der Waals surface area contributed by atoms with E-state index in [0.717, 1.165) is 4.90 Å². The second-order valence-electron chi connectivity index (χ2n) is 8.42. The molecule has 8 heteroatoms. The average molecular weight is 438 g/mol. The van der Waals surface area contributed by atoms with Crippen molar-refractivity contribution in [1.82, 2.24) is 5.32 Å². The highest BCUT2D eigenvalue weighted by molar-refractivity contribution is 6.24. The van der Waals surface area contributed by atoms with Crippen LogP contribution < -0.4 is 19.7 Å². The third-order valence-corrected chi connectivity index (χ3v) is 6.64. The fraction of sp³-hybridized carbons (Fsp3) is 0.375. The van der Waals surface area contributed by atoms with E-state index < -0.39 is 47.1 Å². The summed E-state index contributed by atoms with van der Waals surface area (Å²) in [4.78, 5) is 40.9. The number of imide groups is 1. The lowest BCUT2D eigenvalue weighted by molar-refractivity contribution is -0.151. The molecule has 0 saturated carbocycles. The van der Waals surface area contributed by atoms with E-state index in [0.29, 0.717) is 22.7 Å². The average Bonchev–Trinajstić information content (AvgIpc) is 3.28. The highest BCUT2D eigenvalue weighted by Gasteiger charge is 2.69. The third-order valence-electron chi connectivity index (χ3n) is 6.64. The zero-order chi connectivity index (χ0) is 23.2. The van der Waals surface area contributed by atoms with Gasteiger partial charge in [0.25, 0.3) is 0 Å². The van der Waals surface area contributed by atoms with E-state index in [4.69, 9.17) is 9.47 Å². The Morgan fingerprint density at radius 3 is 2.25 bits per heavy atom. The van der Waals surface area contributed by atoms with Crippen LogP contribution in [0.25, 0.3) is 0 Å². The van der Waals surface area contributed by atoms with Crippen molar-refractivity contribution >= 4 is 23.5 Å². The Bertz CT molecular complexity index is 1070. The number of methoxy groups -OCH3 is 2. The first-order valence-corrected chi connectivity index (χ1v) is 10.4. The van der Waals surface area contributed by atoms with Crippen LogP contribution in [0.5, 0.6) is 11.5 Å². The smallest absolute Gasteiger partial charge is 0.325 e. The Balaban J connectivity index is 1.88. The maximum atomic E-state index is 13.6. The summed E-state index contributed by atoms with van der Waals surface area (Å²) in [6.45, 7) is 3.50. The van der Waals surface area contributed by atoms with Gasteiger partial charge >= 0.3 is 5.97 Å². The summed E-state index contributed by atoms with van der Waals surface area (Å²) in [5.74, 6) is -3.48. The van der Waals surface area contributed by atoms with Crippen LogP contribution in [-0.2, 0) is 14.4 Å². The molecule has 2 heterocycles. The number of anilines is 1. The highest BCUT2D eigenvalue weighted by Crippen LogP contribution is 2.52. The van der Waals surface area contributed by atoms with Gasteiger partial charge in [-0.15, -0.1) is 0 Å². The highest BCUT2D eigenvalue weighted by atomic mass is 16.5. The largest absolute Gasteiger partial charge is 0.493 e. The first-order valence-electron chi connectivity index (χ1n) is 10.4. The van der Waals surface area contributed by atoms with Gasteiger partial charge in [-0.3, -0.25) is 19.7 Å². The van der Waals surface area contributed by atoms with Gasteiger partial charge in [0.15, 0.2) is 11.5 Å². The molecule has 0 radical (unpaired) electrons. The van der Waals surface area contributed by atoms with Gasteiger partial charge in [-0.1, -0.05) is 38.1 Å². The van der Waals surface area contributed by atoms with E-state index in [2.05, 4.69) is 5.32 Å². The molecule has 32 heavy (non-hydrogen) atoms. The summed E-state index contributed by atoms with van der Waals surface area (Å²) in [7, 11) is 3.02. The first-order chi connectivity index (χ1) is 15.3. The molecule has 2 aromatic carbocycles. The molecule has 168 valence electrons. The molecule has 4 atom stereocenters. The van der Waals surface area contributed by atoms with E-state index in [1.807, 2.05) is 0 Å². The lowest BCUT2D eigenvalue weighted by Crippen LogP contribution is -2.59. The Kier molecular flexibility index (Phi) is 5.42. The molecule has 8 nitrogen and oxygen atoms in total. The van der Waals surface area contributed by atoms with Gasteiger partial charge in [-0.2, -0.15) is 0 Å². The van der Waals surface area contributed by atoms with Crippen LogP contribution in [0.2, 0.25) is 0 Å². The van der Waals surface area contributed by atoms with Crippen LogP contribution in [-0.4, -0.2) is 42.6 Å². The molecule has 4 rings (SSSR count). The fourth-order valence-electron chi connectivity index (χ4n) is 5.08. The number of aliphatic carboxylic acids is 1. The third kappa shape index (κ3) is 2.97. The summed E-state index contributed by atoms with van der Waals surface area (Å²) < 4.78 is 10.7. The maximum Gasteiger partial charge on any atom is 0.325 e. The van der Waals surface area contributed by atoms with Crippen molar-refractivity contribution in [2.75, 3.05) is 19.1 Å². The molecule has 2 aliphatic rings. The van der Waals surface area contributed by atoms with Crippen LogP contribution in [0, 0.1) is 17.8 Å². The molecule has 0 spiro atoms. The minimum Gasteiger partial charge on any atom is -0.493 e. The number of para-hydroxylation sites is 1. The number of rotatable bonds is 6. The number of carboxylic acid groups (broad SMARTS) is 1. The molecule has 0 aromatic heterocycles. The zero-order valence-electron chi connectivity index (χ0n) is 18.4. The molecule has 2 aliphatic heterocycles. The molecular formula is C24H26N2O6. The van der Waals surface area contributed by atoms with Gasteiger partial charge < -0.3 is 14.6 Å². The van der Waals surface area contributed by atoms with Crippen molar-refractivity contribution in [3.05, 3.63) is 54.1 Å². The molecule has 4 unspecified atom stereocenters. The van der Waals surface area contributed by atoms with Gasteiger partial charge in [0.1, 0.15) is 5.54 Å². The number of fused-ring (bicyclic) bond motifs is 1. The van der Waals surface area contributed by atoms with Crippen LogP contribution >= 0.6 is 0 Å². The number of hydrogen-bond acceptors (Lipinski definition) is 6. The minimum atomic E-state index is -1.60. The molecule has 2 amide bonds. The van der Waals surface area contributed by atoms with Crippen molar-refractivity contribution in [2.24, 2.45) is 17.8 Å². The van der Waals surface area contributed by atoms with E-state index in [1.54, 1.807) is 62.4 Å². The van der Waals surface area contributed by atoms with Crippen molar-refractivity contribution in [3.63, 3.8) is 0 Å². The molecule has 2 aromatic rings. The predicted octanol–water partition coefficient (Wildman–Crippen LogP) is 2.63. The molecule has 0 aliphatic carbocycles. The summed E-state index contributed by atoms with van der Waals surface area (Å²) >= 11 is 0. The quantitative estimate of drug-likeness (QED) is 0.668. The van der Waals surface area contributed by atoms with Crippen LogP contribution in [0.15, 0.2) is 48.5 Å². The molecule has 2 fully saturated rings. The standard InChI is InChI=1S/C24H26N2O6/c1-13(2)24(23(29)30)19-18(21(27)26(22(19)28)15-8-6-5-7-9-15)20(25-24)14-10-11-16(31-3)17(12-14)32-4/h5-13,18-20,25H,1-4H3,(H,29,30). The van der Waals surface area contributed by atoms with E-state index >= 15 is 0 Å². The van der Waals surface area contributed by atoms with E-state index in [-0.39, 0.29) is 0 Å². The van der Waals surface area contributed by atoms with Crippen LogP contribution in [0.4, 0.5) is 5.69 Å². The van der Waals surface area contributed by atoms with E-state index in [9.17, 15) is 19.5 Å². The summed E-state index contributed by atoms with van der Waals surface area (Å²) in [6.07, 6.45) is 0. The predicted molar refractivity (Wildman–Crippen MR) is 117 cm³/mol. The van der Waals surface area contributed by atoms with Crippen molar-refractivity contribution in [3.8, 4) is 11.5 Å². The number of ether oxygens (including phenoxy) is 2. The van der Waals surface area contributed by atoms with E-state index in [1.165, 1.54) is 14.2 Å². The van der Waals surface area contributed by atoms with Gasteiger partial charge in [0, 0.05) is 6.04 Å². The number of carboxylic acids is 1.